The summed E-state index contributed by atoms with van der Waals surface area (Å²) >= 11 is 0. The van der Waals surface area contributed by atoms with Gasteiger partial charge in [-0.3, -0.25) is 4.79 Å². The van der Waals surface area contributed by atoms with Crippen molar-refractivity contribution in [2.45, 2.75) is 143 Å². The van der Waals surface area contributed by atoms with Gasteiger partial charge in [-0.05, 0) is 13.8 Å². The predicted molar refractivity (Wildman–Crippen MR) is 166 cm³/mol. The third-order valence-corrected chi connectivity index (χ3v) is 11.9. The van der Waals surface area contributed by atoms with Gasteiger partial charge in [-0.1, -0.05) is 0 Å². The second kappa shape index (κ2) is 14.6. The Kier molecular flexibility index (Phi) is 10.9. The number of fused-ring (bicyclic) bond motifs is 4. The van der Waals surface area contributed by atoms with Crippen LogP contribution in [0.4, 0.5) is 0 Å². The van der Waals surface area contributed by atoms with Gasteiger partial charge >= 0.3 is 5.97 Å². The number of rotatable bonds is 10. The van der Waals surface area contributed by atoms with Crippen molar-refractivity contribution in [3.8, 4) is 0 Å². The summed E-state index contributed by atoms with van der Waals surface area (Å²) in [7, 11) is 1.34. The summed E-state index contributed by atoms with van der Waals surface area (Å²) in [6.07, 6.45) is -21.2. The van der Waals surface area contributed by atoms with Gasteiger partial charge < -0.3 is 93.3 Å². The zero-order valence-corrected chi connectivity index (χ0v) is 29.5. The van der Waals surface area contributed by atoms with Crippen molar-refractivity contribution >= 4 is 5.97 Å². The van der Waals surface area contributed by atoms with E-state index in [1.807, 2.05) is 0 Å². The smallest absolute Gasteiger partial charge is 0.303 e. The molecule has 0 bridgehead atoms. The molecule has 4 saturated heterocycles. The van der Waals surface area contributed by atoms with Crippen molar-refractivity contribution in [3.63, 3.8) is 0 Å². The molecule has 2 saturated carbocycles. The standard InChI is InChI=1S/C33H50O20/c1-10(36)52-32(2)7-13(37)11-5-16(44-4)48-28(18(11)32)51-31-26(24(42)22(40)15(9-35)46-31)47-17-6-12-19(33(3)27(53-33)20(12)38)29(49-17)50-30-25(43)23(41)21(39)14(8-34)45-30/h5,11-15,17-31,34-35,37-43H,6-9H2,1-4H3/t11-,12+,13+,14+,15+,17-,18+,19+,20-,21+,22+,23-,24-,25+,26+,27-,28-,29-,30-,31-,32-,33+/m0/s1. The van der Waals surface area contributed by atoms with Gasteiger partial charge in [0.25, 0.3) is 5.95 Å². The molecule has 0 spiro atoms. The number of carbonyl (C=O) groups excluding carboxylic acids is 1. The van der Waals surface area contributed by atoms with Gasteiger partial charge in [0.1, 0.15) is 66.1 Å². The molecule has 20 nitrogen and oxygen atoms in total. The Morgan fingerprint density at radius 1 is 0.792 bits per heavy atom. The Hall–Kier alpha value is -1.83. The highest BCUT2D eigenvalue weighted by atomic mass is 16.8. The minimum Gasteiger partial charge on any atom is -0.469 e. The molecular formula is C33H50O20. The molecule has 7 rings (SSSR count). The van der Waals surface area contributed by atoms with Crippen LogP contribution in [0.25, 0.3) is 0 Å². The monoisotopic (exact) mass is 766 g/mol. The number of hydrogen-bond acceptors (Lipinski definition) is 20. The molecule has 53 heavy (non-hydrogen) atoms. The fourth-order valence-corrected chi connectivity index (χ4v) is 9.25. The normalized spacial score (nSPS) is 54.5. The van der Waals surface area contributed by atoms with E-state index in [1.165, 1.54) is 20.1 Å². The molecule has 5 heterocycles. The molecule has 6 fully saturated rings. The van der Waals surface area contributed by atoms with E-state index in [2.05, 4.69) is 0 Å². The lowest BCUT2D eigenvalue weighted by molar-refractivity contribution is -0.407. The Labute approximate surface area is 303 Å². The van der Waals surface area contributed by atoms with Crippen LogP contribution < -0.4 is 0 Å². The molecule has 7 aliphatic rings. The molecule has 0 aromatic rings. The number of carbonyl (C=O) groups is 1. The van der Waals surface area contributed by atoms with E-state index < -0.39 is 153 Å². The lowest BCUT2D eigenvalue weighted by Gasteiger charge is -2.48. The quantitative estimate of drug-likeness (QED) is 0.0750. The summed E-state index contributed by atoms with van der Waals surface area (Å²) in [4.78, 5) is 12.1. The van der Waals surface area contributed by atoms with Gasteiger partial charge in [-0.25, -0.2) is 0 Å². The van der Waals surface area contributed by atoms with Crippen molar-refractivity contribution in [2.24, 2.45) is 23.7 Å². The summed E-state index contributed by atoms with van der Waals surface area (Å²) in [5.41, 5.74) is -2.22. The average Bonchev–Trinajstić information content (AvgIpc) is 3.67. The number of ether oxygens (including phenoxy) is 10. The zero-order chi connectivity index (χ0) is 38.3. The summed E-state index contributed by atoms with van der Waals surface area (Å²) < 4.78 is 59.1. The maximum Gasteiger partial charge on any atom is 0.303 e. The number of aliphatic hydroxyl groups excluding tert-OH is 9. The van der Waals surface area contributed by atoms with Gasteiger partial charge in [0, 0.05) is 43.6 Å². The Bertz CT molecular complexity index is 1370. The number of epoxide rings is 1. The minimum absolute atomic E-state index is 0.00317. The minimum atomic E-state index is -1.78. The van der Waals surface area contributed by atoms with Crippen LogP contribution in [0.3, 0.4) is 0 Å². The molecule has 302 valence electrons. The first kappa shape index (κ1) is 39.4. The maximum atomic E-state index is 12.1. The fraction of sp³-hybridized carbons (Fsp3) is 0.909. The van der Waals surface area contributed by atoms with Gasteiger partial charge in [0.2, 0.25) is 6.29 Å². The van der Waals surface area contributed by atoms with Crippen molar-refractivity contribution in [1.82, 2.24) is 0 Å². The largest absolute Gasteiger partial charge is 0.469 e. The van der Waals surface area contributed by atoms with E-state index in [0.29, 0.717) is 0 Å². The fourth-order valence-electron chi connectivity index (χ4n) is 9.25. The lowest BCUT2D eigenvalue weighted by Crippen LogP contribution is -2.63. The summed E-state index contributed by atoms with van der Waals surface area (Å²) in [6.45, 7) is 3.14. The van der Waals surface area contributed by atoms with Gasteiger partial charge in [0.15, 0.2) is 25.2 Å². The van der Waals surface area contributed by atoms with Crippen LogP contribution in [0.2, 0.25) is 0 Å². The molecule has 0 aromatic carbocycles. The summed E-state index contributed by atoms with van der Waals surface area (Å²) in [5, 5.41) is 95.6. The summed E-state index contributed by atoms with van der Waals surface area (Å²) in [5.74, 6) is -3.44. The average molecular weight is 767 g/mol. The van der Waals surface area contributed by atoms with Crippen LogP contribution in [0, 0.1) is 23.7 Å². The highest BCUT2D eigenvalue weighted by molar-refractivity contribution is 5.66. The van der Waals surface area contributed by atoms with Gasteiger partial charge in [0.05, 0.1) is 38.4 Å². The second-order valence-electron chi connectivity index (χ2n) is 15.3. The van der Waals surface area contributed by atoms with Gasteiger partial charge in [-0.15, -0.1) is 0 Å². The Morgan fingerprint density at radius 3 is 2.08 bits per heavy atom. The molecule has 0 aromatic heterocycles. The molecule has 0 amide bonds. The van der Waals surface area contributed by atoms with E-state index in [1.54, 1.807) is 13.8 Å². The topological polar surface area (TPSA) is 295 Å². The molecule has 9 N–H and O–H groups in total. The first-order valence-corrected chi connectivity index (χ1v) is 17.8. The third kappa shape index (κ3) is 6.77. The maximum absolute atomic E-state index is 12.1. The molecule has 0 unspecified atom stereocenters. The first-order valence-electron chi connectivity index (χ1n) is 17.8. The molecule has 20 heteroatoms. The SMILES string of the molecule is COC1=C[C@@H]2[C@H]([C@H](O[C@@H]3O[C@H](CO)[C@@H](O)[C@H](O)[C@H]3O[C@@H]3C[C@H]4[C@H](O)[C@@H]5O[C@]5(C)[C@H]4[C@H](O[C@@H]4O[C@H](CO)[C@@H](O)[C@H](O)[C@H]4O)O3)O1)[C@@](C)(OC(C)=O)C[C@H]2O. The summed E-state index contributed by atoms with van der Waals surface area (Å²) in [6, 6.07) is 0. The van der Waals surface area contributed by atoms with Crippen LogP contribution in [-0.2, 0) is 52.2 Å². The van der Waals surface area contributed by atoms with E-state index >= 15 is 0 Å². The van der Waals surface area contributed by atoms with Crippen molar-refractivity contribution < 1.29 is 98.1 Å². The number of esters is 1. The molecule has 2 aliphatic carbocycles. The first-order chi connectivity index (χ1) is 25.0. The van der Waals surface area contributed by atoms with Crippen molar-refractivity contribution in [3.05, 3.63) is 12.0 Å². The highest BCUT2D eigenvalue weighted by Crippen LogP contribution is 2.61. The Morgan fingerprint density at radius 2 is 1.43 bits per heavy atom. The zero-order valence-electron chi connectivity index (χ0n) is 29.5. The van der Waals surface area contributed by atoms with Gasteiger partial charge in [-0.2, -0.15) is 0 Å². The van der Waals surface area contributed by atoms with E-state index in [-0.39, 0.29) is 18.8 Å². The van der Waals surface area contributed by atoms with Crippen LogP contribution in [0.15, 0.2) is 12.0 Å². The third-order valence-electron chi connectivity index (χ3n) is 11.9. The molecule has 0 radical (unpaired) electrons. The van der Waals surface area contributed by atoms with E-state index in [0.717, 1.165) is 0 Å². The second-order valence-corrected chi connectivity index (χ2v) is 15.3. The van der Waals surface area contributed by atoms with Crippen LogP contribution in [-0.4, -0.2) is 182 Å². The molecular weight excluding hydrogens is 716 g/mol. The lowest BCUT2D eigenvalue weighted by atomic mass is 9.83. The number of methoxy groups -OCH3 is 1. The van der Waals surface area contributed by atoms with Crippen LogP contribution in [0.5, 0.6) is 0 Å². The van der Waals surface area contributed by atoms with Crippen molar-refractivity contribution in [1.29, 1.82) is 0 Å². The molecule has 5 aliphatic heterocycles. The van der Waals surface area contributed by atoms with Crippen LogP contribution >= 0.6 is 0 Å². The number of aliphatic hydroxyl groups is 9. The predicted octanol–water partition coefficient (Wildman–Crippen LogP) is -4.36. The Balaban J connectivity index is 1.15. The highest BCUT2D eigenvalue weighted by Gasteiger charge is 2.74. The van der Waals surface area contributed by atoms with E-state index in [9.17, 15) is 50.8 Å². The van der Waals surface area contributed by atoms with E-state index in [4.69, 9.17) is 47.4 Å². The molecule has 22 atom stereocenters. The van der Waals surface area contributed by atoms with Crippen LogP contribution in [0.1, 0.15) is 33.6 Å². The number of hydrogen-bond donors (Lipinski definition) is 9. The van der Waals surface area contributed by atoms with Crippen molar-refractivity contribution in [2.75, 3.05) is 20.3 Å².